The Labute approximate surface area is 174 Å². The van der Waals surface area contributed by atoms with E-state index in [1.165, 1.54) is 36.3 Å². The number of rotatable bonds is 4. The van der Waals surface area contributed by atoms with Crippen molar-refractivity contribution < 1.29 is 0 Å². The van der Waals surface area contributed by atoms with Crippen LogP contribution in [-0.2, 0) is 0 Å². The molecule has 5 heteroatoms. The molecule has 0 saturated carbocycles. The Bertz CT molecular complexity index is 1010. The van der Waals surface area contributed by atoms with E-state index in [-0.39, 0.29) is 0 Å². The van der Waals surface area contributed by atoms with Crippen LogP contribution in [0.3, 0.4) is 0 Å². The first kappa shape index (κ1) is 18.7. The molecule has 2 heterocycles. The number of thiazole rings is 1. The third-order valence-electron chi connectivity index (χ3n) is 4.92. The van der Waals surface area contributed by atoms with Crippen molar-refractivity contribution in [1.29, 1.82) is 5.26 Å². The number of nitrogens with zero attached hydrogens (tertiary/aromatic N) is 3. The second kappa shape index (κ2) is 8.60. The Morgan fingerprint density at radius 2 is 1.75 bits per heavy atom. The molecule has 1 aromatic heterocycles. The first-order valence-electron chi connectivity index (χ1n) is 9.41. The molecule has 3 aromatic rings. The first-order valence-corrected chi connectivity index (χ1v) is 10.7. The molecule has 1 saturated heterocycles. The van der Waals surface area contributed by atoms with E-state index < -0.39 is 0 Å². The highest BCUT2D eigenvalue weighted by molar-refractivity contribution is 7.11. The van der Waals surface area contributed by atoms with Gasteiger partial charge in [-0.05, 0) is 55.2 Å². The molecule has 0 radical (unpaired) electrons. The van der Waals surface area contributed by atoms with Gasteiger partial charge < -0.3 is 4.90 Å². The summed E-state index contributed by atoms with van der Waals surface area (Å²) in [5, 5.41) is 13.0. The van der Waals surface area contributed by atoms with Gasteiger partial charge in [0, 0.05) is 34.7 Å². The Balaban J connectivity index is 1.54. The highest BCUT2D eigenvalue weighted by atomic mass is 35.5. The maximum Gasteiger partial charge on any atom is 0.134 e. The lowest BCUT2D eigenvalue weighted by molar-refractivity contribution is 0.578. The molecule has 0 unspecified atom stereocenters. The highest BCUT2D eigenvalue weighted by Crippen LogP contribution is 2.28. The van der Waals surface area contributed by atoms with Crippen molar-refractivity contribution in [2.75, 3.05) is 18.0 Å². The summed E-state index contributed by atoms with van der Waals surface area (Å²) in [6.07, 6.45) is 5.76. The molecule has 1 aliphatic heterocycles. The van der Waals surface area contributed by atoms with Gasteiger partial charge in [-0.25, -0.2) is 4.98 Å². The van der Waals surface area contributed by atoms with Gasteiger partial charge in [0.1, 0.15) is 11.1 Å². The lowest BCUT2D eigenvalue weighted by Gasteiger charge is -2.28. The molecule has 3 nitrogen and oxygen atoms in total. The summed E-state index contributed by atoms with van der Waals surface area (Å²) < 4.78 is 0. The number of hydrogen-bond donors (Lipinski definition) is 0. The summed E-state index contributed by atoms with van der Waals surface area (Å²) in [4.78, 5) is 7.08. The number of halogens is 1. The van der Waals surface area contributed by atoms with Crippen LogP contribution < -0.4 is 4.90 Å². The van der Waals surface area contributed by atoms with Crippen LogP contribution in [-0.4, -0.2) is 18.1 Å². The van der Waals surface area contributed by atoms with Crippen LogP contribution in [0.4, 0.5) is 5.69 Å². The van der Waals surface area contributed by atoms with Crippen molar-refractivity contribution in [2.24, 2.45) is 0 Å². The first-order chi connectivity index (χ1) is 13.7. The predicted octanol–water partition coefficient (Wildman–Crippen LogP) is 6.52. The minimum absolute atomic E-state index is 0.580. The minimum atomic E-state index is 0.580. The van der Waals surface area contributed by atoms with Gasteiger partial charge in [0.2, 0.25) is 0 Å². The van der Waals surface area contributed by atoms with Crippen LogP contribution >= 0.6 is 22.9 Å². The summed E-state index contributed by atoms with van der Waals surface area (Å²) in [5.74, 6) is 0. The average molecular weight is 406 g/mol. The van der Waals surface area contributed by atoms with Crippen LogP contribution in [0, 0.1) is 11.3 Å². The van der Waals surface area contributed by atoms with E-state index in [1.54, 1.807) is 0 Å². The summed E-state index contributed by atoms with van der Waals surface area (Å²) in [6, 6.07) is 18.3. The zero-order chi connectivity index (χ0) is 19.3. The number of allylic oxidation sites excluding steroid dienone is 1. The van der Waals surface area contributed by atoms with Gasteiger partial charge >= 0.3 is 0 Å². The third kappa shape index (κ3) is 4.27. The van der Waals surface area contributed by atoms with Crippen molar-refractivity contribution in [3.8, 4) is 17.3 Å². The SMILES string of the molecule is N#CC(=Cc1ccc(N2CCCCC2)cc1)c1nc(-c2ccc(Cl)cc2)cs1. The normalized spacial score (nSPS) is 14.7. The molecule has 0 N–H and O–H groups in total. The summed E-state index contributed by atoms with van der Waals surface area (Å²) in [6.45, 7) is 2.26. The van der Waals surface area contributed by atoms with E-state index in [1.807, 2.05) is 35.7 Å². The highest BCUT2D eigenvalue weighted by Gasteiger charge is 2.12. The number of anilines is 1. The fourth-order valence-corrected chi connectivity index (χ4v) is 4.31. The van der Waals surface area contributed by atoms with Crippen LogP contribution in [0.5, 0.6) is 0 Å². The zero-order valence-electron chi connectivity index (χ0n) is 15.4. The quantitative estimate of drug-likeness (QED) is 0.464. The minimum Gasteiger partial charge on any atom is -0.372 e. The molecule has 1 aliphatic rings. The summed E-state index contributed by atoms with van der Waals surface area (Å²) in [5.41, 5.74) is 4.71. The standard InChI is InChI=1S/C23H20ClN3S/c24-20-8-6-18(7-9-20)22-16-28-23(26-22)19(15-25)14-17-4-10-21(11-5-17)27-12-2-1-3-13-27/h4-11,14,16H,1-3,12-13H2. The van der Waals surface area contributed by atoms with Crippen LogP contribution in [0.2, 0.25) is 5.02 Å². The Morgan fingerprint density at radius 1 is 1.04 bits per heavy atom. The summed E-state index contributed by atoms with van der Waals surface area (Å²) >= 11 is 7.44. The van der Waals surface area contributed by atoms with Crippen molar-refractivity contribution in [3.05, 3.63) is 69.5 Å². The maximum absolute atomic E-state index is 9.64. The monoisotopic (exact) mass is 405 g/mol. The van der Waals surface area contributed by atoms with Gasteiger partial charge in [-0.1, -0.05) is 35.9 Å². The molecule has 2 aromatic carbocycles. The van der Waals surface area contributed by atoms with Gasteiger partial charge in [0.15, 0.2) is 0 Å². The molecule has 0 bridgehead atoms. The molecule has 1 fully saturated rings. The topological polar surface area (TPSA) is 39.9 Å². The molecule has 0 amide bonds. The van der Waals surface area contributed by atoms with Gasteiger partial charge in [-0.2, -0.15) is 5.26 Å². The fourth-order valence-electron chi connectivity index (χ4n) is 3.39. The Kier molecular flexibility index (Phi) is 5.76. The van der Waals surface area contributed by atoms with Gasteiger partial charge in [0.05, 0.1) is 11.3 Å². The number of nitriles is 1. The zero-order valence-corrected chi connectivity index (χ0v) is 17.0. The van der Waals surface area contributed by atoms with E-state index in [9.17, 15) is 5.26 Å². The van der Waals surface area contributed by atoms with E-state index in [2.05, 4.69) is 40.2 Å². The van der Waals surface area contributed by atoms with Gasteiger partial charge in [0.25, 0.3) is 0 Å². The number of hydrogen-bond acceptors (Lipinski definition) is 4. The van der Waals surface area contributed by atoms with Crippen LogP contribution in [0.25, 0.3) is 22.9 Å². The van der Waals surface area contributed by atoms with E-state index in [0.717, 1.165) is 34.9 Å². The third-order valence-corrected chi connectivity index (χ3v) is 6.05. The van der Waals surface area contributed by atoms with Gasteiger partial charge in [-0.3, -0.25) is 0 Å². The fraction of sp³-hybridized carbons (Fsp3) is 0.217. The Hall–Kier alpha value is -2.61. The maximum atomic E-state index is 9.64. The molecular formula is C23H20ClN3S. The van der Waals surface area contributed by atoms with Crippen molar-refractivity contribution in [3.63, 3.8) is 0 Å². The number of piperidine rings is 1. The Morgan fingerprint density at radius 3 is 2.43 bits per heavy atom. The van der Waals surface area contributed by atoms with Crippen molar-refractivity contribution in [2.45, 2.75) is 19.3 Å². The van der Waals surface area contributed by atoms with Crippen LogP contribution in [0.1, 0.15) is 29.8 Å². The van der Waals surface area contributed by atoms with E-state index in [4.69, 9.17) is 11.6 Å². The molecule has 0 spiro atoms. The number of benzene rings is 2. The van der Waals surface area contributed by atoms with Crippen molar-refractivity contribution >= 4 is 40.3 Å². The predicted molar refractivity (Wildman–Crippen MR) is 119 cm³/mol. The smallest absolute Gasteiger partial charge is 0.134 e. The van der Waals surface area contributed by atoms with Gasteiger partial charge in [-0.15, -0.1) is 11.3 Å². The van der Waals surface area contributed by atoms with E-state index >= 15 is 0 Å². The molecule has 140 valence electrons. The second-order valence-electron chi connectivity index (χ2n) is 6.85. The average Bonchev–Trinajstić information content (AvgIpc) is 3.23. The number of aromatic nitrogens is 1. The second-order valence-corrected chi connectivity index (χ2v) is 8.15. The molecule has 0 aliphatic carbocycles. The largest absolute Gasteiger partial charge is 0.372 e. The van der Waals surface area contributed by atoms with Crippen LogP contribution in [0.15, 0.2) is 53.9 Å². The lowest BCUT2D eigenvalue weighted by Crippen LogP contribution is -2.29. The summed E-state index contributed by atoms with van der Waals surface area (Å²) in [7, 11) is 0. The molecule has 28 heavy (non-hydrogen) atoms. The molecule has 0 atom stereocenters. The van der Waals surface area contributed by atoms with E-state index in [0.29, 0.717) is 10.6 Å². The molecule has 4 rings (SSSR count). The van der Waals surface area contributed by atoms with Crippen molar-refractivity contribution in [1.82, 2.24) is 4.98 Å². The lowest BCUT2D eigenvalue weighted by atomic mass is 10.1. The molecular weight excluding hydrogens is 386 g/mol.